The standard InChI is InChI=1S/C25H28N2O5/c1-18-9-11-20(12-10-18)27(23(28)15-16-24(29)30)22(14-13-21-8-5-17-32-21)25(31)26-19-6-3-2-4-7-19/h5,8-17,19,22H,2-4,6-7H2,1H3,(H,26,31)(H,29,30)/b14-13+,16-15-. The highest BCUT2D eigenvalue weighted by Gasteiger charge is 2.30. The number of furan rings is 1. The molecule has 1 aliphatic rings. The number of nitrogens with one attached hydrogen (secondary N) is 1. The van der Waals surface area contributed by atoms with Gasteiger partial charge < -0.3 is 14.8 Å². The molecule has 7 heteroatoms. The molecule has 3 rings (SSSR count). The van der Waals surface area contributed by atoms with E-state index < -0.39 is 17.9 Å². The molecule has 0 bridgehead atoms. The molecule has 168 valence electrons. The summed E-state index contributed by atoms with van der Waals surface area (Å²) in [5, 5.41) is 12.1. The zero-order valence-electron chi connectivity index (χ0n) is 18.1. The van der Waals surface area contributed by atoms with E-state index >= 15 is 0 Å². The van der Waals surface area contributed by atoms with Gasteiger partial charge in [-0.3, -0.25) is 14.5 Å². The highest BCUT2D eigenvalue weighted by atomic mass is 16.4. The number of nitrogens with zero attached hydrogens (tertiary/aromatic N) is 1. The van der Waals surface area contributed by atoms with Gasteiger partial charge in [0.2, 0.25) is 5.91 Å². The van der Waals surface area contributed by atoms with Crippen LogP contribution in [0.2, 0.25) is 0 Å². The Morgan fingerprint density at radius 2 is 1.81 bits per heavy atom. The lowest BCUT2D eigenvalue weighted by molar-refractivity contribution is -0.131. The third-order valence-electron chi connectivity index (χ3n) is 5.40. The molecule has 0 spiro atoms. The number of benzene rings is 1. The Kier molecular flexibility index (Phi) is 8.02. The molecule has 32 heavy (non-hydrogen) atoms. The summed E-state index contributed by atoms with van der Waals surface area (Å²) in [7, 11) is 0. The first kappa shape index (κ1) is 23.1. The summed E-state index contributed by atoms with van der Waals surface area (Å²) < 4.78 is 5.34. The molecule has 1 aliphatic carbocycles. The zero-order valence-corrected chi connectivity index (χ0v) is 18.1. The van der Waals surface area contributed by atoms with E-state index in [1.807, 2.05) is 19.1 Å². The van der Waals surface area contributed by atoms with E-state index in [9.17, 15) is 14.4 Å². The largest absolute Gasteiger partial charge is 0.478 e. The predicted octanol–water partition coefficient (Wildman–Crippen LogP) is 4.09. The molecular formula is C25H28N2O5. The van der Waals surface area contributed by atoms with E-state index in [-0.39, 0.29) is 11.9 Å². The van der Waals surface area contributed by atoms with E-state index in [4.69, 9.17) is 9.52 Å². The average Bonchev–Trinajstić information content (AvgIpc) is 3.30. The van der Waals surface area contributed by atoms with Gasteiger partial charge in [-0.05, 0) is 56.2 Å². The molecule has 1 aromatic heterocycles. The molecule has 1 heterocycles. The number of aryl methyl sites for hydroxylation is 1. The highest BCUT2D eigenvalue weighted by molar-refractivity contribution is 6.08. The molecule has 1 atom stereocenters. The SMILES string of the molecule is Cc1ccc(N(C(=O)/C=C\C(=O)O)C(/C=C/c2ccco2)C(=O)NC2CCCCC2)cc1. The lowest BCUT2D eigenvalue weighted by Gasteiger charge is -2.31. The summed E-state index contributed by atoms with van der Waals surface area (Å²) in [6.45, 7) is 1.92. The van der Waals surface area contributed by atoms with Crippen LogP contribution in [0.15, 0.2) is 65.3 Å². The van der Waals surface area contributed by atoms with E-state index in [1.165, 1.54) is 11.2 Å². The van der Waals surface area contributed by atoms with E-state index in [1.54, 1.807) is 36.4 Å². The van der Waals surface area contributed by atoms with Crippen LogP contribution in [-0.4, -0.2) is 35.0 Å². The molecule has 2 amide bonds. The minimum absolute atomic E-state index is 0.0558. The van der Waals surface area contributed by atoms with Gasteiger partial charge in [0.15, 0.2) is 0 Å². The van der Waals surface area contributed by atoms with Crippen molar-refractivity contribution < 1.29 is 23.9 Å². The van der Waals surface area contributed by atoms with Gasteiger partial charge in [-0.15, -0.1) is 0 Å². The van der Waals surface area contributed by atoms with Gasteiger partial charge >= 0.3 is 5.97 Å². The smallest absolute Gasteiger partial charge is 0.328 e. The van der Waals surface area contributed by atoms with Crippen molar-refractivity contribution in [2.75, 3.05) is 4.90 Å². The molecule has 1 aromatic carbocycles. The number of carbonyl (C=O) groups excluding carboxylic acids is 2. The quantitative estimate of drug-likeness (QED) is 0.607. The molecule has 2 aromatic rings. The van der Waals surface area contributed by atoms with Crippen molar-refractivity contribution in [3.05, 3.63) is 72.2 Å². The normalized spacial score (nSPS) is 15.7. The first-order chi connectivity index (χ1) is 15.4. The van der Waals surface area contributed by atoms with Crippen LogP contribution in [0, 0.1) is 6.92 Å². The Bertz CT molecular complexity index is 970. The van der Waals surface area contributed by atoms with E-state index in [0.717, 1.165) is 49.8 Å². The minimum atomic E-state index is -1.24. The first-order valence-electron chi connectivity index (χ1n) is 10.8. The average molecular weight is 437 g/mol. The fraction of sp³-hybridized carbons (Fsp3) is 0.320. The lowest BCUT2D eigenvalue weighted by atomic mass is 9.95. The second-order valence-electron chi connectivity index (χ2n) is 7.88. The summed E-state index contributed by atoms with van der Waals surface area (Å²) in [6.07, 6.45) is 11.6. The molecule has 1 fully saturated rings. The number of hydrogen-bond acceptors (Lipinski definition) is 4. The van der Waals surface area contributed by atoms with Gasteiger partial charge in [0, 0.05) is 23.9 Å². The van der Waals surface area contributed by atoms with Crippen LogP contribution in [0.25, 0.3) is 6.08 Å². The first-order valence-corrected chi connectivity index (χ1v) is 10.8. The highest BCUT2D eigenvalue weighted by Crippen LogP contribution is 2.22. The molecule has 0 radical (unpaired) electrons. The van der Waals surface area contributed by atoms with Crippen molar-refractivity contribution in [2.45, 2.75) is 51.1 Å². The third-order valence-corrected chi connectivity index (χ3v) is 5.40. The van der Waals surface area contributed by atoms with E-state index in [2.05, 4.69) is 5.32 Å². The molecule has 1 saturated carbocycles. The maximum absolute atomic E-state index is 13.4. The van der Waals surface area contributed by atoms with Gasteiger partial charge in [0.25, 0.3) is 5.91 Å². The molecule has 0 aliphatic heterocycles. The number of amides is 2. The second-order valence-corrected chi connectivity index (χ2v) is 7.88. The van der Waals surface area contributed by atoms with Gasteiger partial charge in [0.05, 0.1) is 6.26 Å². The van der Waals surface area contributed by atoms with Gasteiger partial charge in [-0.2, -0.15) is 0 Å². The van der Waals surface area contributed by atoms with Crippen LogP contribution < -0.4 is 10.2 Å². The summed E-state index contributed by atoms with van der Waals surface area (Å²) >= 11 is 0. The number of carboxylic acid groups (broad SMARTS) is 1. The van der Waals surface area contributed by atoms with Crippen molar-refractivity contribution in [2.24, 2.45) is 0 Å². The van der Waals surface area contributed by atoms with Gasteiger partial charge in [-0.25, -0.2) is 4.79 Å². The monoisotopic (exact) mass is 436 g/mol. The van der Waals surface area contributed by atoms with Crippen molar-refractivity contribution in [1.29, 1.82) is 0 Å². The fourth-order valence-electron chi connectivity index (χ4n) is 3.75. The summed E-state index contributed by atoms with van der Waals surface area (Å²) in [6, 6.07) is 9.69. The van der Waals surface area contributed by atoms with Crippen LogP contribution in [0.5, 0.6) is 0 Å². The Morgan fingerprint density at radius 3 is 2.44 bits per heavy atom. The van der Waals surface area contributed by atoms with Gasteiger partial charge in [-0.1, -0.05) is 37.0 Å². The summed E-state index contributed by atoms with van der Waals surface area (Å²) in [5.74, 6) is -1.63. The van der Waals surface area contributed by atoms with Crippen LogP contribution >= 0.6 is 0 Å². The zero-order chi connectivity index (χ0) is 22.9. The Morgan fingerprint density at radius 1 is 1.09 bits per heavy atom. The summed E-state index contributed by atoms with van der Waals surface area (Å²) in [4.78, 5) is 38.7. The maximum atomic E-state index is 13.4. The number of aliphatic carboxylic acids is 1. The topological polar surface area (TPSA) is 99.8 Å². The van der Waals surface area contributed by atoms with Crippen LogP contribution in [0.3, 0.4) is 0 Å². The van der Waals surface area contributed by atoms with E-state index in [0.29, 0.717) is 11.4 Å². The molecule has 2 N–H and O–H groups in total. The number of hydrogen-bond donors (Lipinski definition) is 2. The predicted molar refractivity (Wildman–Crippen MR) is 122 cm³/mol. The molecule has 7 nitrogen and oxygen atoms in total. The maximum Gasteiger partial charge on any atom is 0.328 e. The number of carbonyl (C=O) groups is 3. The lowest BCUT2D eigenvalue weighted by Crippen LogP contribution is -2.51. The van der Waals surface area contributed by atoms with Crippen molar-refractivity contribution in [3.63, 3.8) is 0 Å². The number of carboxylic acids is 1. The molecule has 1 unspecified atom stereocenters. The second kappa shape index (κ2) is 11.1. The number of rotatable bonds is 8. The Labute approximate surface area is 187 Å². The van der Waals surface area contributed by atoms with Gasteiger partial charge in [0.1, 0.15) is 11.8 Å². The molecular weight excluding hydrogens is 408 g/mol. The third kappa shape index (κ3) is 6.44. The number of anilines is 1. The van der Waals surface area contributed by atoms with Crippen molar-refractivity contribution in [1.82, 2.24) is 5.32 Å². The summed E-state index contributed by atoms with van der Waals surface area (Å²) in [5.41, 5.74) is 1.49. The Hall–Kier alpha value is -3.61. The molecule has 0 saturated heterocycles. The van der Waals surface area contributed by atoms with Crippen LogP contribution in [0.4, 0.5) is 5.69 Å². The van der Waals surface area contributed by atoms with Crippen LogP contribution in [-0.2, 0) is 14.4 Å². The minimum Gasteiger partial charge on any atom is -0.478 e. The Balaban J connectivity index is 1.97. The van der Waals surface area contributed by atoms with Crippen LogP contribution in [0.1, 0.15) is 43.4 Å². The van der Waals surface area contributed by atoms with Crippen molar-refractivity contribution >= 4 is 29.5 Å². The fourth-order valence-corrected chi connectivity index (χ4v) is 3.75. The van der Waals surface area contributed by atoms with Crippen molar-refractivity contribution in [3.8, 4) is 0 Å².